The molecule has 86 valence electrons. The van der Waals surface area contributed by atoms with Gasteiger partial charge in [-0.2, -0.15) is 0 Å². The summed E-state index contributed by atoms with van der Waals surface area (Å²) in [7, 11) is -1.40. The van der Waals surface area contributed by atoms with Crippen LogP contribution in [0.25, 0.3) is 0 Å². The van der Waals surface area contributed by atoms with Gasteiger partial charge in [-0.15, -0.1) is 0 Å². The van der Waals surface area contributed by atoms with Gasteiger partial charge in [0.1, 0.15) is 18.5 Å². The lowest BCUT2D eigenvalue weighted by molar-refractivity contribution is 0.135. The molecule has 15 heavy (non-hydrogen) atoms. The summed E-state index contributed by atoms with van der Waals surface area (Å²) >= 11 is 0. The van der Waals surface area contributed by atoms with E-state index in [1.54, 1.807) is 0 Å². The third-order valence-corrected chi connectivity index (χ3v) is 9.10. The lowest BCUT2D eigenvalue weighted by atomic mass is 10.1. The first-order chi connectivity index (χ1) is 6.67. The highest BCUT2D eigenvalue weighted by atomic mass is 28.3. The minimum Gasteiger partial charge on any atom is -0.493 e. The Labute approximate surface area is 93.7 Å². The second-order valence-corrected chi connectivity index (χ2v) is 11.7. The van der Waals surface area contributed by atoms with Gasteiger partial charge in [0.15, 0.2) is 5.60 Å². The Morgan fingerprint density at radius 2 is 2.00 bits per heavy atom. The van der Waals surface area contributed by atoms with Crippen molar-refractivity contribution in [1.82, 2.24) is 0 Å². The monoisotopic (exact) mass is 226 g/mol. The summed E-state index contributed by atoms with van der Waals surface area (Å²) in [4.78, 5) is 0. The van der Waals surface area contributed by atoms with Crippen molar-refractivity contribution in [1.29, 1.82) is 0 Å². The molecule has 2 unspecified atom stereocenters. The van der Waals surface area contributed by atoms with Crippen LogP contribution < -0.4 is 0 Å². The summed E-state index contributed by atoms with van der Waals surface area (Å²) in [6, 6.07) is 0. The zero-order valence-electron chi connectivity index (χ0n) is 10.7. The van der Waals surface area contributed by atoms with Crippen molar-refractivity contribution >= 4 is 8.07 Å². The SMILES string of the molecule is CC12OC1CO/C2=C\[Si](C)(C)C(C)(C)C. The van der Waals surface area contributed by atoms with E-state index in [9.17, 15) is 0 Å². The fourth-order valence-electron chi connectivity index (χ4n) is 1.71. The maximum atomic E-state index is 5.72. The molecule has 2 aliphatic heterocycles. The van der Waals surface area contributed by atoms with Crippen LogP contribution in [0, 0.1) is 0 Å². The number of hydrogen-bond acceptors (Lipinski definition) is 2. The van der Waals surface area contributed by atoms with E-state index < -0.39 is 8.07 Å². The molecule has 2 aliphatic rings. The molecule has 2 atom stereocenters. The molecule has 0 aromatic carbocycles. The molecule has 2 fully saturated rings. The average Bonchev–Trinajstić information content (AvgIpc) is 2.61. The van der Waals surface area contributed by atoms with Gasteiger partial charge in [0.05, 0.1) is 8.07 Å². The summed E-state index contributed by atoms with van der Waals surface area (Å²) in [6.07, 6.45) is 0.327. The van der Waals surface area contributed by atoms with Gasteiger partial charge in [-0.3, -0.25) is 0 Å². The van der Waals surface area contributed by atoms with Gasteiger partial charge in [0.2, 0.25) is 0 Å². The van der Waals surface area contributed by atoms with Crippen molar-refractivity contribution in [3.63, 3.8) is 0 Å². The van der Waals surface area contributed by atoms with Crippen molar-refractivity contribution in [3.8, 4) is 0 Å². The Balaban J connectivity index is 2.24. The number of hydrogen-bond donors (Lipinski definition) is 0. The molecular weight excluding hydrogens is 204 g/mol. The second-order valence-electron chi connectivity index (χ2n) is 6.50. The van der Waals surface area contributed by atoms with E-state index >= 15 is 0 Å². The minimum atomic E-state index is -1.40. The number of rotatable bonds is 1. The molecule has 3 heteroatoms. The van der Waals surface area contributed by atoms with E-state index in [4.69, 9.17) is 9.47 Å². The molecule has 0 aromatic rings. The maximum Gasteiger partial charge on any atom is 0.151 e. The summed E-state index contributed by atoms with van der Waals surface area (Å²) in [5.74, 6) is 1.10. The number of epoxide rings is 1. The maximum absolute atomic E-state index is 5.72. The molecule has 2 heterocycles. The van der Waals surface area contributed by atoms with E-state index in [1.165, 1.54) is 0 Å². The van der Waals surface area contributed by atoms with Crippen molar-refractivity contribution in [3.05, 3.63) is 11.5 Å². The summed E-state index contributed by atoms with van der Waals surface area (Å²) in [6.45, 7) is 14.6. The van der Waals surface area contributed by atoms with Gasteiger partial charge in [0.25, 0.3) is 0 Å². The van der Waals surface area contributed by atoms with Crippen LogP contribution in [0.5, 0.6) is 0 Å². The van der Waals surface area contributed by atoms with Crippen LogP contribution >= 0.6 is 0 Å². The van der Waals surface area contributed by atoms with Crippen LogP contribution in [0.2, 0.25) is 18.1 Å². The first-order valence-electron chi connectivity index (χ1n) is 5.71. The van der Waals surface area contributed by atoms with Gasteiger partial charge in [-0.1, -0.05) is 39.6 Å². The second kappa shape index (κ2) is 2.89. The van der Waals surface area contributed by atoms with Crippen LogP contribution in [0.3, 0.4) is 0 Å². The van der Waals surface area contributed by atoms with Crippen LogP contribution in [0.4, 0.5) is 0 Å². The van der Waals surface area contributed by atoms with Crippen LogP contribution in [-0.2, 0) is 9.47 Å². The van der Waals surface area contributed by atoms with E-state index in [-0.39, 0.29) is 5.60 Å². The average molecular weight is 226 g/mol. The first-order valence-corrected chi connectivity index (χ1v) is 8.78. The molecule has 0 saturated carbocycles. The lowest BCUT2D eigenvalue weighted by Crippen LogP contribution is -2.36. The quantitative estimate of drug-likeness (QED) is 0.506. The highest BCUT2D eigenvalue weighted by Gasteiger charge is 2.62. The normalized spacial score (nSPS) is 37.7. The fourth-order valence-corrected chi connectivity index (χ4v) is 3.17. The standard InChI is InChI=1S/C12H22O2Si/c1-11(2,3)15(5,6)8-10-12(4)9(14-12)7-13-10/h8-9H,7H2,1-6H3/b10-8-. The number of fused-ring (bicyclic) bond motifs is 1. The zero-order valence-corrected chi connectivity index (χ0v) is 11.7. The predicted molar refractivity (Wildman–Crippen MR) is 64.5 cm³/mol. The smallest absolute Gasteiger partial charge is 0.151 e. The van der Waals surface area contributed by atoms with Gasteiger partial charge >= 0.3 is 0 Å². The van der Waals surface area contributed by atoms with Crippen molar-refractivity contribution in [2.24, 2.45) is 0 Å². The summed E-state index contributed by atoms with van der Waals surface area (Å²) in [5.41, 5.74) is 2.32. The molecule has 0 radical (unpaired) electrons. The molecule has 0 spiro atoms. The van der Waals surface area contributed by atoms with Gasteiger partial charge in [0, 0.05) is 0 Å². The summed E-state index contributed by atoms with van der Waals surface area (Å²) < 4.78 is 11.4. The Morgan fingerprint density at radius 1 is 1.40 bits per heavy atom. The number of ether oxygens (including phenoxy) is 2. The minimum absolute atomic E-state index is 0.0739. The molecular formula is C12H22O2Si. The molecule has 2 saturated heterocycles. The van der Waals surface area contributed by atoms with E-state index in [0.717, 1.165) is 12.4 Å². The Morgan fingerprint density at radius 3 is 2.33 bits per heavy atom. The Bertz CT molecular complexity index is 312. The molecule has 2 nitrogen and oxygen atoms in total. The highest BCUT2D eigenvalue weighted by Crippen LogP contribution is 2.50. The molecule has 0 N–H and O–H groups in total. The highest BCUT2D eigenvalue weighted by molar-refractivity contribution is 6.84. The first kappa shape index (κ1) is 11.2. The van der Waals surface area contributed by atoms with Crippen LogP contribution in [-0.4, -0.2) is 26.4 Å². The van der Waals surface area contributed by atoms with E-state index in [1.807, 2.05) is 0 Å². The van der Waals surface area contributed by atoms with Crippen molar-refractivity contribution in [2.75, 3.05) is 6.61 Å². The van der Waals surface area contributed by atoms with E-state index in [2.05, 4.69) is 46.5 Å². The molecule has 0 amide bonds. The van der Waals surface area contributed by atoms with E-state index in [0.29, 0.717) is 11.1 Å². The Kier molecular flexibility index (Phi) is 2.16. The molecule has 2 rings (SSSR count). The lowest BCUT2D eigenvalue weighted by Gasteiger charge is -2.34. The third-order valence-electron chi connectivity index (χ3n) is 4.25. The largest absolute Gasteiger partial charge is 0.493 e. The van der Waals surface area contributed by atoms with Crippen molar-refractivity contribution in [2.45, 2.75) is 57.5 Å². The van der Waals surface area contributed by atoms with Gasteiger partial charge in [-0.05, 0) is 12.0 Å². The molecule has 0 bridgehead atoms. The van der Waals surface area contributed by atoms with Crippen LogP contribution in [0.1, 0.15) is 27.7 Å². The third kappa shape index (κ3) is 1.66. The zero-order chi connectivity index (χ0) is 11.5. The fraction of sp³-hybridized carbons (Fsp3) is 0.833. The Hall–Kier alpha value is -0.283. The summed E-state index contributed by atoms with van der Waals surface area (Å²) in [5, 5.41) is 0.368. The van der Waals surface area contributed by atoms with Gasteiger partial charge in [-0.25, -0.2) is 0 Å². The molecule has 0 aliphatic carbocycles. The topological polar surface area (TPSA) is 21.8 Å². The predicted octanol–water partition coefficient (Wildman–Crippen LogP) is 3.11. The van der Waals surface area contributed by atoms with Crippen molar-refractivity contribution < 1.29 is 9.47 Å². The van der Waals surface area contributed by atoms with Gasteiger partial charge < -0.3 is 9.47 Å². The molecule has 0 aromatic heterocycles. The van der Waals surface area contributed by atoms with Crippen LogP contribution in [0.15, 0.2) is 11.5 Å².